The van der Waals surface area contributed by atoms with Gasteiger partial charge in [-0.15, -0.1) is 0 Å². The molecule has 0 aliphatic heterocycles. The first kappa shape index (κ1) is 19.0. The quantitative estimate of drug-likeness (QED) is 0.572. The molecule has 0 fully saturated rings. The van der Waals surface area contributed by atoms with E-state index in [1.807, 2.05) is 72.8 Å². The number of ether oxygens (including phenoxy) is 3. The van der Waals surface area contributed by atoms with Crippen molar-refractivity contribution in [3.05, 3.63) is 102 Å². The van der Waals surface area contributed by atoms with Gasteiger partial charge in [0.2, 0.25) is 0 Å². The van der Waals surface area contributed by atoms with Gasteiger partial charge in [0.05, 0.1) is 19.9 Å². The summed E-state index contributed by atoms with van der Waals surface area (Å²) in [7, 11) is 5.03. The average molecular weight is 385 g/mol. The second kappa shape index (κ2) is 7.94. The lowest BCUT2D eigenvalue weighted by molar-refractivity contribution is 0.0812. The van der Waals surface area contributed by atoms with Crippen molar-refractivity contribution in [2.24, 2.45) is 4.99 Å². The van der Waals surface area contributed by atoms with Gasteiger partial charge in [0, 0.05) is 12.7 Å². The molecule has 0 spiro atoms. The Hall–Kier alpha value is -3.37. The Bertz CT molecular complexity index is 1060. The van der Waals surface area contributed by atoms with Crippen LogP contribution < -0.4 is 4.74 Å². The number of benzene rings is 3. The summed E-state index contributed by atoms with van der Waals surface area (Å²) >= 11 is 0. The van der Waals surface area contributed by atoms with Gasteiger partial charge in [0.25, 0.3) is 0 Å². The Morgan fingerprint density at radius 3 is 2.03 bits per heavy atom. The van der Waals surface area contributed by atoms with Crippen LogP contribution in [0.25, 0.3) is 5.57 Å². The summed E-state index contributed by atoms with van der Waals surface area (Å²) in [5.74, 6) is 1.49. The van der Waals surface area contributed by atoms with E-state index in [0.717, 1.165) is 39.6 Å². The largest absolute Gasteiger partial charge is 0.497 e. The van der Waals surface area contributed by atoms with Crippen molar-refractivity contribution in [1.29, 1.82) is 0 Å². The Morgan fingerprint density at radius 1 is 0.724 bits per heavy atom. The third kappa shape index (κ3) is 3.12. The molecule has 1 aliphatic carbocycles. The summed E-state index contributed by atoms with van der Waals surface area (Å²) in [4.78, 5) is 4.92. The molecule has 3 aromatic carbocycles. The van der Waals surface area contributed by atoms with Crippen molar-refractivity contribution in [2.45, 2.75) is 5.60 Å². The predicted molar refractivity (Wildman–Crippen MR) is 116 cm³/mol. The zero-order valence-corrected chi connectivity index (χ0v) is 16.8. The smallest absolute Gasteiger partial charge is 0.168 e. The Kier molecular flexibility index (Phi) is 5.19. The maximum atomic E-state index is 6.22. The highest BCUT2D eigenvalue weighted by Gasteiger charge is 2.55. The van der Waals surface area contributed by atoms with Gasteiger partial charge >= 0.3 is 0 Å². The first-order chi connectivity index (χ1) is 14.2. The molecule has 0 radical (unpaired) electrons. The molecular formula is C25H23NO3. The zero-order chi connectivity index (χ0) is 20.3. The fourth-order valence-electron chi connectivity index (χ4n) is 3.83. The summed E-state index contributed by atoms with van der Waals surface area (Å²) in [5, 5.41) is 0. The van der Waals surface area contributed by atoms with Gasteiger partial charge in [0.15, 0.2) is 11.4 Å². The monoisotopic (exact) mass is 385 g/mol. The molecule has 0 saturated heterocycles. The van der Waals surface area contributed by atoms with Crippen molar-refractivity contribution in [1.82, 2.24) is 0 Å². The lowest BCUT2D eigenvalue weighted by Gasteiger charge is -2.45. The lowest BCUT2D eigenvalue weighted by atomic mass is 9.68. The first-order valence-corrected chi connectivity index (χ1v) is 9.43. The Labute approximate surface area is 171 Å². The number of aliphatic imine (C=N–C) groups is 1. The van der Waals surface area contributed by atoms with Crippen molar-refractivity contribution in [3.63, 3.8) is 0 Å². The van der Waals surface area contributed by atoms with Gasteiger partial charge < -0.3 is 14.2 Å². The number of nitrogens with zero attached hydrogens (tertiary/aromatic N) is 1. The minimum Gasteiger partial charge on any atom is -0.497 e. The van der Waals surface area contributed by atoms with Crippen LogP contribution in [-0.2, 0) is 15.1 Å². The topological polar surface area (TPSA) is 40.0 Å². The van der Waals surface area contributed by atoms with Crippen molar-refractivity contribution in [2.75, 3.05) is 21.3 Å². The summed E-state index contributed by atoms with van der Waals surface area (Å²) in [6.45, 7) is 0. The summed E-state index contributed by atoms with van der Waals surface area (Å²) in [6, 6.07) is 27.8. The molecule has 4 rings (SSSR count). The minimum atomic E-state index is -0.864. The van der Waals surface area contributed by atoms with Crippen LogP contribution in [-0.4, -0.2) is 27.0 Å². The Morgan fingerprint density at radius 2 is 1.41 bits per heavy atom. The van der Waals surface area contributed by atoms with Crippen molar-refractivity contribution in [3.8, 4) is 5.75 Å². The first-order valence-electron chi connectivity index (χ1n) is 9.43. The molecular weight excluding hydrogens is 362 g/mol. The number of hydrogen-bond acceptors (Lipinski definition) is 4. The molecule has 0 N–H and O–H groups in total. The SMILES string of the molecule is COC1=C(c2ccccc2)C(OC)(c2cccc(OC)c2)C1=Nc1ccccc1. The maximum Gasteiger partial charge on any atom is 0.168 e. The van der Waals surface area contributed by atoms with Gasteiger partial charge in [-0.3, -0.25) is 0 Å². The third-order valence-electron chi connectivity index (χ3n) is 5.17. The summed E-state index contributed by atoms with van der Waals surface area (Å²) < 4.78 is 17.5. The highest BCUT2D eigenvalue weighted by Crippen LogP contribution is 2.53. The van der Waals surface area contributed by atoms with Crippen LogP contribution in [0.3, 0.4) is 0 Å². The molecule has 146 valence electrons. The van der Waals surface area contributed by atoms with Gasteiger partial charge in [-0.25, -0.2) is 4.99 Å². The lowest BCUT2D eigenvalue weighted by Crippen LogP contribution is -2.49. The molecule has 1 unspecified atom stereocenters. The fourth-order valence-corrected chi connectivity index (χ4v) is 3.83. The van der Waals surface area contributed by atoms with Crippen LogP contribution in [0.4, 0.5) is 5.69 Å². The van der Waals surface area contributed by atoms with Crippen molar-refractivity contribution >= 4 is 17.0 Å². The molecule has 0 saturated carbocycles. The maximum absolute atomic E-state index is 6.22. The molecule has 0 aromatic heterocycles. The predicted octanol–water partition coefficient (Wildman–Crippen LogP) is 5.38. The normalized spacial score (nSPS) is 19.8. The van der Waals surface area contributed by atoms with Crippen molar-refractivity contribution < 1.29 is 14.2 Å². The highest BCUT2D eigenvalue weighted by molar-refractivity contribution is 6.27. The van der Waals surface area contributed by atoms with E-state index in [4.69, 9.17) is 19.2 Å². The standard InChI is InChI=1S/C25H23NO3/c1-27-21-16-10-13-19(17-21)25(29-3)22(18-11-6-4-7-12-18)23(28-2)24(25)26-20-14-8-5-9-15-20/h4-17H,1-3H3. The third-order valence-corrected chi connectivity index (χ3v) is 5.17. The van der Waals surface area contributed by atoms with Gasteiger partial charge in [-0.1, -0.05) is 60.7 Å². The summed E-state index contributed by atoms with van der Waals surface area (Å²) in [5.41, 5.74) is 3.63. The molecule has 4 heteroatoms. The number of rotatable bonds is 6. The van der Waals surface area contributed by atoms with Crippen LogP contribution in [0.15, 0.2) is 95.7 Å². The fraction of sp³-hybridized carbons (Fsp3) is 0.160. The van der Waals surface area contributed by atoms with E-state index in [9.17, 15) is 0 Å². The minimum absolute atomic E-state index is 0.727. The molecule has 1 atom stereocenters. The van der Waals surface area contributed by atoms with Crippen LogP contribution in [0.5, 0.6) is 5.75 Å². The highest BCUT2D eigenvalue weighted by atomic mass is 16.5. The van der Waals surface area contributed by atoms with Crippen LogP contribution in [0, 0.1) is 0 Å². The van der Waals surface area contributed by atoms with E-state index in [2.05, 4.69) is 12.1 Å². The van der Waals surface area contributed by atoms with Crippen LogP contribution in [0.1, 0.15) is 11.1 Å². The van der Waals surface area contributed by atoms with Crippen LogP contribution in [0.2, 0.25) is 0 Å². The molecule has 0 heterocycles. The molecule has 0 amide bonds. The van der Waals surface area contributed by atoms with E-state index < -0.39 is 5.60 Å². The van der Waals surface area contributed by atoms with Crippen LogP contribution >= 0.6 is 0 Å². The van der Waals surface area contributed by atoms with Gasteiger partial charge in [-0.2, -0.15) is 0 Å². The van der Waals surface area contributed by atoms with E-state index in [1.54, 1.807) is 21.3 Å². The molecule has 0 bridgehead atoms. The Balaban J connectivity index is 1.99. The van der Waals surface area contributed by atoms with E-state index >= 15 is 0 Å². The summed E-state index contributed by atoms with van der Waals surface area (Å²) in [6.07, 6.45) is 0. The molecule has 29 heavy (non-hydrogen) atoms. The van der Waals surface area contributed by atoms with Gasteiger partial charge in [0.1, 0.15) is 11.5 Å². The number of hydrogen-bond donors (Lipinski definition) is 0. The van der Waals surface area contributed by atoms with E-state index in [1.165, 1.54) is 0 Å². The number of methoxy groups -OCH3 is 3. The van der Waals surface area contributed by atoms with Gasteiger partial charge in [-0.05, 0) is 35.4 Å². The zero-order valence-electron chi connectivity index (χ0n) is 16.8. The second-order valence-electron chi connectivity index (χ2n) is 6.69. The molecule has 3 aromatic rings. The second-order valence-corrected chi connectivity index (χ2v) is 6.69. The average Bonchev–Trinajstić information content (AvgIpc) is 2.78. The number of para-hydroxylation sites is 1. The molecule has 1 aliphatic rings. The van der Waals surface area contributed by atoms with E-state index in [-0.39, 0.29) is 0 Å². The van der Waals surface area contributed by atoms with E-state index in [0.29, 0.717) is 0 Å². The molecule has 4 nitrogen and oxygen atoms in total.